The van der Waals surface area contributed by atoms with E-state index < -0.39 is 11.7 Å². The van der Waals surface area contributed by atoms with Crippen LogP contribution in [0.3, 0.4) is 0 Å². The lowest BCUT2D eigenvalue weighted by molar-refractivity contribution is -0.0882. The highest BCUT2D eigenvalue weighted by Gasteiger charge is 2.31. The number of rotatable bonds is 6. The van der Waals surface area contributed by atoms with Crippen molar-refractivity contribution in [1.29, 1.82) is 0 Å². The minimum Gasteiger partial charge on any atom is -0.411 e. The molecule has 0 aliphatic rings. The first-order chi connectivity index (χ1) is 8.20. The summed E-state index contributed by atoms with van der Waals surface area (Å²) in [7, 11) is 0. The van der Waals surface area contributed by atoms with Crippen molar-refractivity contribution >= 4 is 5.71 Å². The summed E-state index contributed by atoms with van der Waals surface area (Å²) in [5.74, 6) is 0.258. The Morgan fingerprint density at radius 2 is 1.94 bits per heavy atom. The summed E-state index contributed by atoms with van der Waals surface area (Å²) in [4.78, 5) is 0. The second-order valence-electron chi connectivity index (χ2n) is 4.40. The highest BCUT2D eigenvalue weighted by molar-refractivity contribution is 5.86. The van der Waals surface area contributed by atoms with Crippen LogP contribution in [-0.4, -0.2) is 17.1 Å². The number of oxime groups is 1. The van der Waals surface area contributed by atoms with Crippen molar-refractivity contribution in [1.82, 2.24) is 0 Å². The van der Waals surface area contributed by atoms with E-state index in [-0.39, 0.29) is 17.9 Å². The van der Waals surface area contributed by atoms with Crippen molar-refractivity contribution in [2.24, 2.45) is 11.1 Å². The second kappa shape index (κ2) is 7.03. The minimum absolute atomic E-state index is 0.113. The Labute approximate surface area is 105 Å². The van der Waals surface area contributed by atoms with Crippen LogP contribution in [0.4, 0.5) is 13.2 Å². The summed E-state index contributed by atoms with van der Waals surface area (Å²) < 4.78 is 37.3. The van der Waals surface area contributed by atoms with E-state index in [1.807, 2.05) is 13.8 Å². The molecule has 0 fully saturated rings. The van der Waals surface area contributed by atoms with E-state index in [9.17, 15) is 13.2 Å². The highest BCUT2D eigenvalue weighted by atomic mass is 19.4. The zero-order chi connectivity index (χ0) is 14.3. The van der Waals surface area contributed by atoms with Crippen molar-refractivity contribution in [3.63, 3.8) is 0 Å². The Morgan fingerprint density at radius 3 is 2.28 bits per heavy atom. The molecular weight excluding hydrogens is 243 g/mol. The zero-order valence-electron chi connectivity index (χ0n) is 10.6. The molecule has 0 aromatic rings. The summed E-state index contributed by atoms with van der Waals surface area (Å²) in [6, 6.07) is 0. The quantitative estimate of drug-likeness (QED) is 0.325. The van der Waals surface area contributed by atoms with Gasteiger partial charge in [0.05, 0.1) is 11.3 Å². The van der Waals surface area contributed by atoms with E-state index in [1.165, 1.54) is 0 Å². The standard InChI is InChI=1S/C13H18F3NO/c1-5-11(13(14,15)16)7-10(4)8-12(17-18)6-9(2)3/h5,7,9,18H,1,4,6,8H2,2-3H3/b11-7+,17-12+. The zero-order valence-corrected chi connectivity index (χ0v) is 10.6. The molecule has 18 heavy (non-hydrogen) atoms. The Balaban J connectivity index is 4.77. The van der Waals surface area contributed by atoms with Crippen molar-refractivity contribution in [2.45, 2.75) is 32.9 Å². The number of nitrogens with zero attached hydrogens (tertiary/aromatic N) is 1. The molecule has 0 saturated heterocycles. The van der Waals surface area contributed by atoms with Gasteiger partial charge in [-0.05, 0) is 24.0 Å². The number of alkyl halides is 3. The van der Waals surface area contributed by atoms with Gasteiger partial charge in [-0.15, -0.1) is 0 Å². The number of hydrogen-bond acceptors (Lipinski definition) is 2. The van der Waals surface area contributed by atoms with Crippen LogP contribution in [0.15, 0.2) is 41.6 Å². The Morgan fingerprint density at radius 1 is 1.39 bits per heavy atom. The maximum atomic E-state index is 12.4. The molecule has 0 radical (unpaired) electrons. The molecule has 2 nitrogen and oxygen atoms in total. The third kappa shape index (κ3) is 6.27. The molecule has 0 aromatic heterocycles. The van der Waals surface area contributed by atoms with Crippen LogP contribution in [0.2, 0.25) is 0 Å². The Kier molecular flexibility index (Phi) is 6.44. The van der Waals surface area contributed by atoms with Gasteiger partial charge >= 0.3 is 6.18 Å². The monoisotopic (exact) mass is 261 g/mol. The molecule has 0 spiro atoms. The predicted octanol–water partition coefficient (Wildman–Crippen LogP) is 4.48. The summed E-state index contributed by atoms with van der Waals surface area (Å²) in [6.07, 6.45) is -2.16. The summed E-state index contributed by atoms with van der Waals surface area (Å²) >= 11 is 0. The molecule has 1 N–H and O–H groups in total. The van der Waals surface area contributed by atoms with Crippen LogP contribution in [0.1, 0.15) is 26.7 Å². The SMILES string of the molecule is C=C/C(=C\C(=C)C/C(CC(C)C)=N/O)C(F)(F)F. The average molecular weight is 261 g/mol. The lowest BCUT2D eigenvalue weighted by Gasteiger charge is -2.10. The molecule has 0 heterocycles. The third-order valence-corrected chi connectivity index (χ3v) is 2.12. The van der Waals surface area contributed by atoms with Gasteiger partial charge in [-0.3, -0.25) is 0 Å². The van der Waals surface area contributed by atoms with E-state index in [0.29, 0.717) is 12.1 Å². The van der Waals surface area contributed by atoms with Gasteiger partial charge in [-0.1, -0.05) is 38.2 Å². The first-order valence-corrected chi connectivity index (χ1v) is 5.49. The van der Waals surface area contributed by atoms with Crippen LogP contribution in [0.5, 0.6) is 0 Å². The van der Waals surface area contributed by atoms with Crippen LogP contribution >= 0.6 is 0 Å². The average Bonchev–Trinajstić information content (AvgIpc) is 2.22. The van der Waals surface area contributed by atoms with Crippen LogP contribution in [0, 0.1) is 5.92 Å². The number of hydrogen-bond donors (Lipinski definition) is 1. The molecule has 0 aliphatic carbocycles. The molecule has 5 heteroatoms. The van der Waals surface area contributed by atoms with Gasteiger partial charge in [-0.25, -0.2) is 0 Å². The Bertz CT molecular complexity index is 365. The lowest BCUT2D eigenvalue weighted by atomic mass is 10.00. The van der Waals surface area contributed by atoms with Gasteiger partial charge in [0, 0.05) is 6.42 Å². The van der Waals surface area contributed by atoms with E-state index in [2.05, 4.69) is 18.3 Å². The van der Waals surface area contributed by atoms with Crippen LogP contribution < -0.4 is 0 Å². The summed E-state index contributed by atoms with van der Waals surface area (Å²) in [6.45, 7) is 10.5. The summed E-state index contributed by atoms with van der Waals surface area (Å²) in [5, 5.41) is 11.8. The fourth-order valence-electron chi connectivity index (χ4n) is 1.41. The number of halogens is 3. The summed E-state index contributed by atoms with van der Waals surface area (Å²) in [5.41, 5.74) is -0.207. The van der Waals surface area contributed by atoms with Gasteiger partial charge in [0.25, 0.3) is 0 Å². The van der Waals surface area contributed by atoms with Gasteiger partial charge in [-0.2, -0.15) is 13.2 Å². The largest absolute Gasteiger partial charge is 0.416 e. The van der Waals surface area contributed by atoms with Gasteiger partial charge in [0.2, 0.25) is 0 Å². The Hall–Kier alpha value is -1.52. The van der Waals surface area contributed by atoms with E-state index in [4.69, 9.17) is 5.21 Å². The first-order valence-electron chi connectivity index (χ1n) is 5.49. The molecule has 102 valence electrons. The third-order valence-electron chi connectivity index (χ3n) is 2.12. The van der Waals surface area contributed by atoms with Crippen LogP contribution in [0.25, 0.3) is 0 Å². The van der Waals surface area contributed by atoms with Gasteiger partial charge < -0.3 is 5.21 Å². The molecule has 0 aliphatic heterocycles. The predicted molar refractivity (Wildman–Crippen MR) is 66.8 cm³/mol. The smallest absolute Gasteiger partial charge is 0.411 e. The normalized spacial score (nSPS) is 13.9. The molecule has 0 atom stereocenters. The molecule has 0 unspecified atom stereocenters. The molecule has 0 bridgehead atoms. The maximum Gasteiger partial charge on any atom is 0.416 e. The molecular formula is C13H18F3NO. The molecule has 0 aromatic carbocycles. The van der Waals surface area contributed by atoms with E-state index >= 15 is 0 Å². The lowest BCUT2D eigenvalue weighted by Crippen LogP contribution is -2.11. The first kappa shape index (κ1) is 16.5. The van der Waals surface area contributed by atoms with Crippen molar-refractivity contribution in [2.75, 3.05) is 0 Å². The molecule has 0 rings (SSSR count). The number of allylic oxidation sites excluding steroid dienone is 4. The fraction of sp³-hybridized carbons (Fsp3) is 0.462. The van der Waals surface area contributed by atoms with Gasteiger partial charge in [0.1, 0.15) is 0 Å². The maximum absolute atomic E-state index is 12.4. The highest BCUT2D eigenvalue weighted by Crippen LogP contribution is 2.27. The van der Waals surface area contributed by atoms with Gasteiger partial charge in [0.15, 0.2) is 0 Å². The van der Waals surface area contributed by atoms with Crippen molar-refractivity contribution in [3.8, 4) is 0 Å². The molecule has 0 saturated carbocycles. The van der Waals surface area contributed by atoms with Crippen molar-refractivity contribution < 1.29 is 18.4 Å². The fourth-order valence-corrected chi connectivity index (χ4v) is 1.41. The van der Waals surface area contributed by atoms with Crippen LogP contribution in [-0.2, 0) is 0 Å². The van der Waals surface area contributed by atoms with E-state index in [1.54, 1.807) is 0 Å². The topological polar surface area (TPSA) is 32.6 Å². The second-order valence-corrected chi connectivity index (χ2v) is 4.40. The molecule has 0 amide bonds. The minimum atomic E-state index is -4.45. The van der Waals surface area contributed by atoms with E-state index in [0.717, 1.165) is 12.2 Å². The van der Waals surface area contributed by atoms with Crippen molar-refractivity contribution in [3.05, 3.63) is 36.5 Å².